The fraction of sp³-hybridized carbons (Fsp3) is 0.263. The summed E-state index contributed by atoms with van der Waals surface area (Å²) in [5.74, 6) is 1.08. The van der Waals surface area contributed by atoms with Crippen LogP contribution in [0.1, 0.15) is 29.4 Å². The highest BCUT2D eigenvalue weighted by atomic mass is 16.1. The lowest BCUT2D eigenvalue weighted by molar-refractivity contribution is 0.0983. The molecule has 0 unspecified atom stereocenters. The Balaban J connectivity index is 1.94. The highest BCUT2D eigenvalue weighted by molar-refractivity contribution is 5.95. The van der Waals surface area contributed by atoms with Gasteiger partial charge in [0, 0.05) is 54.7 Å². The maximum atomic E-state index is 11.9. The predicted octanol–water partition coefficient (Wildman–Crippen LogP) is 2.86. The number of nitrogens with zero attached hydrogens (tertiary/aromatic N) is 3. The highest BCUT2D eigenvalue weighted by Crippen LogP contribution is 2.38. The molecule has 6 nitrogen and oxygen atoms in total. The largest absolute Gasteiger partial charge is 0.369 e. The lowest BCUT2D eigenvalue weighted by atomic mass is 9.98. The molecule has 3 aliphatic heterocycles. The van der Waals surface area contributed by atoms with E-state index in [-0.39, 0.29) is 11.3 Å². The number of Topliss-reactive ketones (excluding diaryl/α,β-unsaturated/α-hetero) is 1. The van der Waals surface area contributed by atoms with Crippen molar-refractivity contribution in [3.63, 3.8) is 0 Å². The second-order valence-electron chi connectivity index (χ2n) is 6.27. The van der Waals surface area contributed by atoms with Gasteiger partial charge >= 0.3 is 0 Å². The van der Waals surface area contributed by atoms with Crippen molar-refractivity contribution >= 4 is 11.6 Å². The quantitative estimate of drug-likeness (QED) is 0.722. The Labute approximate surface area is 145 Å². The van der Waals surface area contributed by atoms with E-state index in [1.807, 2.05) is 19.9 Å². The van der Waals surface area contributed by atoms with Crippen LogP contribution in [0.2, 0.25) is 0 Å². The van der Waals surface area contributed by atoms with Crippen molar-refractivity contribution in [2.45, 2.75) is 26.8 Å². The lowest BCUT2D eigenvalue weighted by Gasteiger charge is -2.19. The van der Waals surface area contributed by atoms with Gasteiger partial charge in [0.2, 0.25) is 0 Å². The molecule has 25 heavy (non-hydrogen) atoms. The molecule has 126 valence electrons. The lowest BCUT2D eigenvalue weighted by Crippen LogP contribution is -2.11. The summed E-state index contributed by atoms with van der Waals surface area (Å²) in [6.07, 6.45) is 3.98. The molecular formula is C19H19N5O. The summed E-state index contributed by atoms with van der Waals surface area (Å²) in [7, 11) is 0. The maximum absolute atomic E-state index is 11.9. The summed E-state index contributed by atoms with van der Waals surface area (Å²) in [6.45, 7) is 5.55. The number of aromatic nitrogens is 3. The minimum absolute atomic E-state index is 0.0538. The highest BCUT2D eigenvalue weighted by Gasteiger charge is 2.22. The van der Waals surface area contributed by atoms with Crippen LogP contribution in [0.5, 0.6) is 0 Å². The number of carbonyl (C=O) groups excluding carboxylic acids is 1. The van der Waals surface area contributed by atoms with E-state index in [4.69, 9.17) is 5.41 Å². The van der Waals surface area contributed by atoms with Gasteiger partial charge in [0.25, 0.3) is 0 Å². The molecule has 0 fully saturated rings. The van der Waals surface area contributed by atoms with Gasteiger partial charge in [-0.2, -0.15) is 0 Å². The molecule has 0 amide bonds. The molecule has 6 heteroatoms. The Morgan fingerprint density at radius 2 is 2.08 bits per heavy atom. The molecule has 0 aromatic carbocycles. The molecular weight excluding hydrogens is 314 g/mol. The van der Waals surface area contributed by atoms with E-state index >= 15 is 0 Å². The molecule has 2 N–H and O–H groups in total. The number of hydrogen-bond acceptors (Lipinski definition) is 5. The zero-order valence-electron chi connectivity index (χ0n) is 14.3. The number of nitrogens with one attached hydrogen (secondary N) is 2. The molecule has 0 aliphatic carbocycles. The van der Waals surface area contributed by atoms with Gasteiger partial charge in [-0.3, -0.25) is 15.2 Å². The van der Waals surface area contributed by atoms with Crippen LogP contribution in [0.15, 0.2) is 30.6 Å². The summed E-state index contributed by atoms with van der Waals surface area (Å²) >= 11 is 0. The van der Waals surface area contributed by atoms with E-state index in [0.29, 0.717) is 12.1 Å². The third kappa shape index (κ3) is 2.50. The summed E-state index contributed by atoms with van der Waals surface area (Å²) in [6, 6.07) is 5.74. The molecule has 0 bridgehead atoms. The fourth-order valence-electron chi connectivity index (χ4n) is 3.38. The van der Waals surface area contributed by atoms with Gasteiger partial charge in [0.1, 0.15) is 17.0 Å². The van der Waals surface area contributed by atoms with Gasteiger partial charge in [-0.05, 0) is 24.6 Å². The van der Waals surface area contributed by atoms with Crippen LogP contribution in [-0.4, -0.2) is 26.9 Å². The van der Waals surface area contributed by atoms with Gasteiger partial charge in [0.05, 0.1) is 5.69 Å². The van der Waals surface area contributed by atoms with Crippen LogP contribution < -0.4 is 10.8 Å². The molecule has 3 aliphatic rings. The third-order valence-electron chi connectivity index (χ3n) is 4.66. The van der Waals surface area contributed by atoms with Crippen molar-refractivity contribution in [1.29, 1.82) is 5.41 Å². The Morgan fingerprint density at radius 1 is 1.24 bits per heavy atom. The van der Waals surface area contributed by atoms with E-state index in [1.54, 1.807) is 18.5 Å². The molecule has 0 spiro atoms. The van der Waals surface area contributed by atoms with Gasteiger partial charge in [-0.1, -0.05) is 6.92 Å². The van der Waals surface area contributed by atoms with E-state index in [2.05, 4.69) is 25.9 Å². The number of anilines is 1. The van der Waals surface area contributed by atoms with Crippen molar-refractivity contribution in [2.24, 2.45) is 0 Å². The molecule has 1 aromatic rings. The number of fused-ring (bicyclic) bond motifs is 3. The molecule has 0 radical (unpaired) electrons. The van der Waals surface area contributed by atoms with Gasteiger partial charge in [0.15, 0.2) is 5.78 Å². The Hall–Kier alpha value is -3.02. The average molecular weight is 333 g/mol. The molecule has 0 atom stereocenters. The molecule has 0 saturated heterocycles. The first-order valence-corrected chi connectivity index (χ1v) is 8.40. The molecule has 1 aromatic heterocycles. The van der Waals surface area contributed by atoms with E-state index in [0.717, 1.165) is 46.9 Å². The zero-order valence-corrected chi connectivity index (χ0v) is 14.3. The zero-order chi connectivity index (χ0) is 17.6. The number of ketones is 1. The Morgan fingerprint density at radius 3 is 2.84 bits per heavy atom. The number of rotatable bonds is 3. The van der Waals surface area contributed by atoms with Crippen LogP contribution in [0.3, 0.4) is 0 Å². The number of hydrogen-bond donors (Lipinski definition) is 2. The average Bonchev–Trinajstić information content (AvgIpc) is 3.11. The standard InChI is InChI=1S/C19H19N5O/c1-3-17(25)15-6-11(2)14(10-22-15)13-7-12-9-23-18(20)8-16(12)24-5-4-21-19(13)24/h6-10,20-21H,3-5H2,1-2H3. The second-order valence-corrected chi connectivity index (χ2v) is 6.27. The Bertz CT molecular complexity index is 1020. The maximum Gasteiger partial charge on any atom is 0.180 e. The van der Waals surface area contributed by atoms with Crippen molar-refractivity contribution in [3.8, 4) is 22.4 Å². The minimum atomic E-state index is 0.0538. The molecule has 0 saturated carbocycles. The van der Waals surface area contributed by atoms with Crippen LogP contribution >= 0.6 is 0 Å². The number of aryl methyl sites for hydroxylation is 1. The van der Waals surface area contributed by atoms with Crippen LogP contribution in [0, 0.1) is 12.3 Å². The normalized spacial score (nSPS) is 12.9. The SMILES string of the molecule is CCC(=O)c1cc(C)c(-c2cc3cnc(=N)cc-3n3c2NCC3)cn1. The van der Waals surface area contributed by atoms with Crippen LogP contribution in [0.4, 0.5) is 5.82 Å². The first kappa shape index (κ1) is 15.5. The summed E-state index contributed by atoms with van der Waals surface area (Å²) in [5.41, 5.74) is 5.85. The smallest absolute Gasteiger partial charge is 0.180 e. The van der Waals surface area contributed by atoms with E-state index < -0.39 is 0 Å². The number of carbonyl (C=O) groups is 1. The van der Waals surface area contributed by atoms with E-state index in [9.17, 15) is 4.79 Å². The van der Waals surface area contributed by atoms with Gasteiger partial charge in [-0.25, -0.2) is 4.98 Å². The molecule has 4 rings (SSSR count). The van der Waals surface area contributed by atoms with Crippen molar-refractivity contribution in [1.82, 2.24) is 14.5 Å². The first-order chi connectivity index (χ1) is 12.1. The molecule has 4 heterocycles. The van der Waals surface area contributed by atoms with Crippen molar-refractivity contribution < 1.29 is 4.79 Å². The van der Waals surface area contributed by atoms with Crippen LogP contribution in [0.25, 0.3) is 22.4 Å². The minimum Gasteiger partial charge on any atom is -0.369 e. The monoisotopic (exact) mass is 333 g/mol. The summed E-state index contributed by atoms with van der Waals surface area (Å²) in [5, 5.41) is 11.2. The Kier molecular flexibility index (Phi) is 3.60. The van der Waals surface area contributed by atoms with Crippen LogP contribution in [-0.2, 0) is 6.54 Å². The fourth-order valence-corrected chi connectivity index (χ4v) is 3.38. The van der Waals surface area contributed by atoms with E-state index in [1.165, 1.54) is 0 Å². The predicted molar refractivity (Wildman–Crippen MR) is 95.8 cm³/mol. The summed E-state index contributed by atoms with van der Waals surface area (Å²) in [4.78, 5) is 20.4. The van der Waals surface area contributed by atoms with Crippen molar-refractivity contribution in [3.05, 3.63) is 47.3 Å². The first-order valence-electron chi connectivity index (χ1n) is 8.40. The topological polar surface area (TPSA) is 83.7 Å². The van der Waals surface area contributed by atoms with Gasteiger partial charge in [-0.15, -0.1) is 0 Å². The number of pyridine rings is 3. The van der Waals surface area contributed by atoms with Crippen molar-refractivity contribution in [2.75, 3.05) is 11.9 Å². The van der Waals surface area contributed by atoms with Gasteiger partial charge < -0.3 is 9.88 Å². The third-order valence-corrected chi connectivity index (χ3v) is 4.66. The second kappa shape index (κ2) is 5.81. The summed E-state index contributed by atoms with van der Waals surface area (Å²) < 4.78 is 2.19.